The van der Waals surface area contributed by atoms with Crippen molar-refractivity contribution in [2.45, 2.75) is 6.92 Å². The lowest BCUT2D eigenvalue weighted by Gasteiger charge is -1.99. The fourth-order valence-electron chi connectivity index (χ4n) is 1.28. The van der Waals surface area contributed by atoms with E-state index < -0.39 is 7.12 Å². The lowest BCUT2D eigenvalue weighted by molar-refractivity contribution is 0.426. The summed E-state index contributed by atoms with van der Waals surface area (Å²) in [5.74, 6) is 1.35. The predicted molar refractivity (Wildman–Crippen MR) is 56.4 cm³/mol. The van der Waals surface area contributed by atoms with E-state index in [4.69, 9.17) is 10.0 Å². The Balaban J connectivity index is 2.31. The molecule has 2 rings (SSSR count). The van der Waals surface area contributed by atoms with E-state index in [0.717, 1.165) is 11.4 Å². The average molecular weight is 203 g/mol. The zero-order valence-corrected chi connectivity index (χ0v) is 8.18. The third-order valence-corrected chi connectivity index (χ3v) is 2.06. The molecule has 0 aliphatic heterocycles. The van der Waals surface area contributed by atoms with Crippen LogP contribution in [0.2, 0.25) is 0 Å². The number of nitrogens with one attached hydrogen (secondary N) is 1. The van der Waals surface area contributed by atoms with Gasteiger partial charge in [0.15, 0.2) is 5.82 Å². The fraction of sp³-hybridized carbons (Fsp3) is 0.111. The van der Waals surface area contributed by atoms with Gasteiger partial charge in [-0.05, 0) is 12.4 Å². The molecule has 1 aromatic heterocycles. The second kappa shape index (κ2) is 3.84. The van der Waals surface area contributed by atoms with Crippen molar-refractivity contribution in [3.63, 3.8) is 0 Å². The molecular weight excluding hydrogens is 193 g/mol. The summed E-state index contributed by atoms with van der Waals surface area (Å²) in [4.78, 5) is 4.16. The van der Waals surface area contributed by atoms with Gasteiger partial charge in [0.05, 0.1) is 0 Å². The van der Waals surface area contributed by atoms with E-state index in [1.54, 1.807) is 24.3 Å². The Morgan fingerprint density at radius 2 is 1.87 bits per heavy atom. The first-order chi connectivity index (χ1) is 7.16. The number of benzene rings is 1. The van der Waals surface area contributed by atoms with Crippen molar-refractivity contribution in [1.29, 1.82) is 0 Å². The van der Waals surface area contributed by atoms with Crippen LogP contribution in [0.5, 0.6) is 0 Å². The first-order valence-corrected chi connectivity index (χ1v) is 4.52. The van der Waals surface area contributed by atoms with Crippen LogP contribution in [-0.4, -0.2) is 32.3 Å². The van der Waals surface area contributed by atoms with Gasteiger partial charge in [0, 0.05) is 5.56 Å². The molecule has 76 valence electrons. The molecule has 0 radical (unpaired) electrons. The molecule has 3 N–H and O–H groups in total. The van der Waals surface area contributed by atoms with E-state index >= 15 is 0 Å². The van der Waals surface area contributed by atoms with E-state index in [2.05, 4.69) is 15.2 Å². The van der Waals surface area contributed by atoms with E-state index in [1.807, 2.05) is 6.92 Å². The number of hydrogen-bond acceptors (Lipinski definition) is 4. The molecule has 0 spiro atoms. The molecule has 0 saturated carbocycles. The highest BCUT2D eigenvalue weighted by Gasteiger charge is 2.11. The van der Waals surface area contributed by atoms with Gasteiger partial charge in [0.25, 0.3) is 0 Å². The maximum absolute atomic E-state index is 8.91. The number of hydrogen-bond donors (Lipinski definition) is 3. The summed E-state index contributed by atoms with van der Waals surface area (Å²) < 4.78 is 0. The first kappa shape index (κ1) is 9.88. The Kier molecular flexibility index (Phi) is 2.53. The molecule has 0 bridgehead atoms. The smallest absolute Gasteiger partial charge is 0.423 e. The molecule has 0 unspecified atom stereocenters. The van der Waals surface area contributed by atoms with E-state index in [0.29, 0.717) is 11.3 Å². The Morgan fingerprint density at radius 1 is 1.20 bits per heavy atom. The van der Waals surface area contributed by atoms with Gasteiger partial charge in [-0.1, -0.05) is 24.3 Å². The zero-order chi connectivity index (χ0) is 10.8. The summed E-state index contributed by atoms with van der Waals surface area (Å²) in [5, 5.41) is 24.6. The van der Waals surface area contributed by atoms with Crippen molar-refractivity contribution in [2.24, 2.45) is 0 Å². The van der Waals surface area contributed by atoms with Gasteiger partial charge in [-0.3, -0.25) is 5.10 Å². The van der Waals surface area contributed by atoms with Crippen LogP contribution < -0.4 is 5.46 Å². The van der Waals surface area contributed by atoms with Crippen LogP contribution in [-0.2, 0) is 0 Å². The summed E-state index contributed by atoms with van der Waals surface area (Å²) in [5.41, 5.74) is 1.29. The summed E-state index contributed by atoms with van der Waals surface area (Å²) in [6, 6.07) is 6.76. The minimum atomic E-state index is -1.44. The van der Waals surface area contributed by atoms with Crippen molar-refractivity contribution in [2.75, 3.05) is 0 Å². The number of aromatic amines is 1. The molecule has 1 aromatic carbocycles. The topological polar surface area (TPSA) is 82.0 Å². The second-order valence-corrected chi connectivity index (χ2v) is 3.24. The predicted octanol–water partition coefficient (Wildman–Crippen LogP) is -0.540. The van der Waals surface area contributed by atoms with Crippen LogP contribution in [0.4, 0.5) is 0 Å². The Labute approximate surface area is 87.0 Å². The van der Waals surface area contributed by atoms with Crippen LogP contribution in [0.3, 0.4) is 0 Å². The van der Waals surface area contributed by atoms with Crippen LogP contribution >= 0.6 is 0 Å². The highest BCUT2D eigenvalue weighted by Crippen LogP contribution is 2.12. The van der Waals surface area contributed by atoms with Gasteiger partial charge in [0.1, 0.15) is 5.82 Å². The number of H-pyrrole nitrogens is 1. The van der Waals surface area contributed by atoms with Gasteiger partial charge in [-0.25, -0.2) is 4.98 Å². The molecule has 1 heterocycles. The third-order valence-electron chi connectivity index (χ3n) is 2.06. The molecule has 0 fully saturated rings. The first-order valence-electron chi connectivity index (χ1n) is 4.52. The Morgan fingerprint density at radius 3 is 2.33 bits per heavy atom. The van der Waals surface area contributed by atoms with Crippen LogP contribution in [0, 0.1) is 6.92 Å². The molecule has 0 aliphatic carbocycles. The van der Waals surface area contributed by atoms with E-state index in [1.165, 1.54) is 0 Å². The molecule has 0 amide bonds. The number of nitrogens with zero attached hydrogens (tertiary/aromatic N) is 2. The molecule has 15 heavy (non-hydrogen) atoms. The number of rotatable bonds is 2. The molecular formula is C9H10BN3O2. The highest BCUT2D eigenvalue weighted by molar-refractivity contribution is 6.58. The maximum Gasteiger partial charge on any atom is 0.488 e. The Hall–Kier alpha value is -1.66. The summed E-state index contributed by atoms with van der Waals surface area (Å²) >= 11 is 0. The van der Waals surface area contributed by atoms with E-state index in [9.17, 15) is 0 Å². The summed E-state index contributed by atoms with van der Waals surface area (Å²) in [6.45, 7) is 1.82. The Bertz CT molecular complexity index is 453. The van der Waals surface area contributed by atoms with Gasteiger partial charge in [-0.2, -0.15) is 5.10 Å². The van der Waals surface area contributed by atoms with Crippen molar-refractivity contribution in [1.82, 2.24) is 15.2 Å². The minimum absolute atomic E-state index is 0.450. The van der Waals surface area contributed by atoms with Gasteiger partial charge >= 0.3 is 7.12 Å². The molecule has 2 aromatic rings. The van der Waals surface area contributed by atoms with Crippen LogP contribution in [0.25, 0.3) is 11.4 Å². The molecule has 0 aliphatic rings. The monoisotopic (exact) mass is 203 g/mol. The quantitative estimate of drug-likeness (QED) is 0.572. The zero-order valence-electron chi connectivity index (χ0n) is 8.18. The number of aryl methyl sites for hydroxylation is 1. The standard InChI is InChI=1S/C9H10BN3O2/c1-6-11-9(13-12-6)7-2-4-8(5-3-7)10(14)15/h2-5,14-15H,1H3,(H,11,12,13). The molecule has 0 atom stereocenters. The van der Waals surface area contributed by atoms with Crippen LogP contribution in [0.15, 0.2) is 24.3 Å². The second-order valence-electron chi connectivity index (χ2n) is 3.24. The largest absolute Gasteiger partial charge is 0.488 e. The lowest BCUT2D eigenvalue weighted by atomic mass is 9.80. The summed E-state index contributed by atoms with van der Waals surface area (Å²) in [6.07, 6.45) is 0. The van der Waals surface area contributed by atoms with Gasteiger partial charge in [-0.15, -0.1) is 0 Å². The average Bonchev–Trinajstić information content (AvgIpc) is 2.65. The maximum atomic E-state index is 8.91. The van der Waals surface area contributed by atoms with Crippen LogP contribution in [0.1, 0.15) is 5.82 Å². The highest BCUT2D eigenvalue weighted by atomic mass is 16.4. The van der Waals surface area contributed by atoms with Crippen molar-refractivity contribution >= 4 is 12.6 Å². The normalized spacial score (nSPS) is 10.3. The fourth-order valence-corrected chi connectivity index (χ4v) is 1.28. The lowest BCUT2D eigenvalue weighted by Crippen LogP contribution is -2.29. The molecule has 5 nitrogen and oxygen atoms in total. The van der Waals surface area contributed by atoms with Crippen molar-refractivity contribution < 1.29 is 10.0 Å². The number of aromatic nitrogens is 3. The summed E-state index contributed by atoms with van der Waals surface area (Å²) in [7, 11) is -1.44. The van der Waals surface area contributed by atoms with Gasteiger partial charge < -0.3 is 10.0 Å². The van der Waals surface area contributed by atoms with Gasteiger partial charge in [0.2, 0.25) is 0 Å². The van der Waals surface area contributed by atoms with E-state index in [-0.39, 0.29) is 0 Å². The molecule has 6 heteroatoms. The van der Waals surface area contributed by atoms with Crippen molar-refractivity contribution in [3.05, 3.63) is 30.1 Å². The molecule has 0 saturated heterocycles. The minimum Gasteiger partial charge on any atom is -0.423 e. The SMILES string of the molecule is Cc1nc(-c2ccc(B(O)O)cc2)n[nH]1. The van der Waals surface area contributed by atoms with Crippen molar-refractivity contribution in [3.8, 4) is 11.4 Å². The third kappa shape index (κ3) is 2.06.